The fraction of sp³-hybridized carbons (Fsp3) is 0.588. The number of nitrogens with one attached hydrogen (secondary N) is 2. The van der Waals surface area contributed by atoms with Crippen LogP contribution in [0.4, 0.5) is 16.4 Å². The fourth-order valence-electron chi connectivity index (χ4n) is 2.16. The lowest BCUT2D eigenvalue weighted by Crippen LogP contribution is -2.43. The second-order valence-corrected chi connectivity index (χ2v) is 7.58. The first-order valence-electron chi connectivity index (χ1n) is 9.21. The lowest BCUT2D eigenvalue weighted by atomic mass is 10.2. The number of halogens is 1. The van der Waals surface area contributed by atoms with Crippen LogP contribution < -0.4 is 22.5 Å². The van der Waals surface area contributed by atoms with Crippen LogP contribution in [-0.2, 0) is 9.47 Å². The van der Waals surface area contributed by atoms with Crippen LogP contribution in [0.2, 0.25) is 5.15 Å². The SMILES string of the molecule is CC(C)(C)OC(=O)NCCCOCCCN(C(=N)N)C(=O)c1nc(Cl)c(N)nc1N. The number of carbonyl (C=O) groups is 2. The van der Waals surface area contributed by atoms with E-state index in [0.29, 0.717) is 32.6 Å². The van der Waals surface area contributed by atoms with E-state index in [1.54, 1.807) is 20.8 Å². The molecule has 8 N–H and O–H groups in total. The Kier molecular flexibility index (Phi) is 9.53. The molecule has 1 rings (SSSR count). The Morgan fingerprint density at radius 3 is 2.40 bits per heavy atom. The van der Waals surface area contributed by atoms with Crippen molar-refractivity contribution in [3.05, 3.63) is 10.8 Å². The second kappa shape index (κ2) is 11.4. The van der Waals surface area contributed by atoms with Crippen LogP contribution in [0, 0.1) is 5.41 Å². The van der Waals surface area contributed by atoms with E-state index >= 15 is 0 Å². The van der Waals surface area contributed by atoms with Crippen molar-refractivity contribution in [3.63, 3.8) is 0 Å². The molecule has 0 spiro atoms. The molecule has 13 heteroatoms. The number of ether oxygens (including phenoxy) is 2. The van der Waals surface area contributed by atoms with Gasteiger partial charge in [-0.1, -0.05) is 11.6 Å². The Bertz CT molecular complexity index is 769. The molecule has 0 radical (unpaired) electrons. The van der Waals surface area contributed by atoms with Crippen molar-refractivity contribution in [2.45, 2.75) is 39.2 Å². The molecule has 30 heavy (non-hydrogen) atoms. The third-order valence-corrected chi connectivity index (χ3v) is 3.73. The van der Waals surface area contributed by atoms with Gasteiger partial charge in [0, 0.05) is 26.3 Å². The topological polar surface area (TPSA) is 196 Å². The molecule has 168 valence electrons. The summed E-state index contributed by atoms with van der Waals surface area (Å²) in [6, 6.07) is 0. The van der Waals surface area contributed by atoms with E-state index in [0.717, 1.165) is 4.90 Å². The molecular weight excluding hydrogens is 416 g/mol. The van der Waals surface area contributed by atoms with E-state index in [-0.39, 0.29) is 29.0 Å². The lowest BCUT2D eigenvalue weighted by molar-refractivity contribution is 0.0519. The van der Waals surface area contributed by atoms with E-state index in [2.05, 4.69) is 15.3 Å². The number of guanidine groups is 1. The van der Waals surface area contributed by atoms with Crippen LogP contribution in [0.3, 0.4) is 0 Å². The number of nitrogens with zero attached hydrogens (tertiary/aromatic N) is 3. The normalized spacial score (nSPS) is 11.1. The maximum Gasteiger partial charge on any atom is 0.407 e. The summed E-state index contributed by atoms with van der Waals surface area (Å²) >= 11 is 5.79. The van der Waals surface area contributed by atoms with Gasteiger partial charge < -0.3 is 32.0 Å². The van der Waals surface area contributed by atoms with Crippen LogP contribution in [0.1, 0.15) is 44.1 Å². The lowest BCUT2D eigenvalue weighted by Gasteiger charge is -2.21. The van der Waals surface area contributed by atoms with Gasteiger partial charge in [0.2, 0.25) is 0 Å². The Labute approximate surface area is 179 Å². The van der Waals surface area contributed by atoms with Gasteiger partial charge in [0.15, 0.2) is 28.4 Å². The third-order valence-electron chi connectivity index (χ3n) is 3.45. The number of carbonyl (C=O) groups excluding carboxylic acids is 2. The zero-order valence-corrected chi connectivity index (χ0v) is 18.1. The highest BCUT2D eigenvalue weighted by molar-refractivity contribution is 6.31. The van der Waals surface area contributed by atoms with E-state index in [1.165, 1.54) is 0 Å². The number of hydrogen-bond donors (Lipinski definition) is 5. The highest BCUT2D eigenvalue weighted by atomic mass is 35.5. The van der Waals surface area contributed by atoms with Crippen LogP contribution in [-0.4, -0.2) is 64.7 Å². The molecular formula is C17H29ClN8O4. The van der Waals surface area contributed by atoms with Gasteiger partial charge in [0.25, 0.3) is 5.91 Å². The van der Waals surface area contributed by atoms with E-state index < -0.39 is 23.6 Å². The Hall–Kier alpha value is -2.86. The molecule has 0 aliphatic carbocycles. The first-order chi connectivity index (χ1) is 13.9. The van der Waals surface area contributed by atoms with Gasteiger partial charge in [-0.25, -0.2) is 14.8 Å². The zero-order valence-electron chi connectivity index (χ0n) is 17.3. The fourth-order valence-corrected chi connectivity index (χ4v) is 2.29. The molecule has 1 aromatic heterocycles. The molecule has 1 heterocycles. The van der Waals surface area contributed by atoms with E-state index in [9.17, 15) is 9.59 Å². The van der Waals surface area contributed by atoms with Gasteiger partial charge in [-0.15, -0.1) is 0 Å². The molecule has 0 unspecified atom stereocenters. The van der Waals surface area contributed by atoms with Crippen molar-refractivity contribution >= 4 is 41.2 Å². The highest BCUT2D eigenvalue weighted by Gasteiger charge is 2.24. The van der Waals surface area contributed by atoms with Crippen molar-refractivity contribution in [2.24, 2.45) is 5.73 Å². The van der Waals surface area contributed by atoms with Gasteiger partial charge >= 0.3 is 6.09 Å². The number of nitrogens with two attached hydrogens (primary N) is 3. The molecule has 1 aromatic rings. The van der Waals surface area contributed by atoms with Crippen molar-refractivity contribution < 1.29 is 19.1 Å². The molecule has 12 nitrogen and oxygen atoms in total. The molecule has 2 amide bonds. The van der Waals surface area contributed by atoms with Crippen molar-refractivity contribution in [1.82, 2.24) is 20.2 Å². The van der Waals surface area contributed by atoms with E-state index in [4.69, 9.17) is 43.7 Å². The number of rotatable bonds is 9. The summed E-state index contributed by atoms with van der Waals surface area (Å²) in [5.41, 5.74) is 15.9. The summed E-state index contributed by atoms with van der Waals surface area (Å²) in [6.45, 7) is 6.58. The number of hydrogen-bond acceptors (Lipinski definition) is 9. The summed E-state index contributed by atoms with van der Waals surface area (Å²) in [5.74, 6) is -1.50. The van der Waals surface area contributed by atoms with Crippen molar-refractivity contribution in [3.8, 4) is 0 Å². The minimum absolute atomic E-state index is 0.102. The third kappa shape index (κ3) is 8.66. The van der Waals surface area contributed by atoms with Crippen molar-refractivity contribution in [1.29, 1.82) is 5.41 Å². The first-order valence-corrected chi connectivity index (χ1v) is 9.59. The molecule has 0 saturated heterocycles. The van der Waals surface area contributed by atoms with Gasteiger partial charge in [-0.05, 0) is 33.6 Å². The summed E-state index contributed by atoms with van der Waals surface area (Å²) in [7, 11) is 0. The number of nitrogen functional groups attached to an aromatic ring is 2. The number of anilines is 2. The monoisotopic (exact) mass is 444 g/mol. The van der Waals surface area contributed by atoms with Gasteiger partial charge in [-0.3, -0.25) is 15.1 Å². The average Bonchev–Trinajstić information content (AvgIpc) is 2.61. The quantitative estimate of drug-likeness (QED) is 0.209. The predicted molar refractivity (Wildman–Crippen MR) is 113 cm³/mol. The molecule has 0 aromatic carbocycles. The summed E-state index contributed by atoms with van der Waals surface area (Å²) in [6.07, 6.45) is 0.508. The maximum absolute atomic E-state index is 12.6. The Balaban J connectivity index is 2.38. The van der Waals surface area contributed by atoms with Crippen LogP contribution in [0.15, 0.2) is 0 Å². The highest BCUT2D eigenvalue weighted by Crippen LogP contribution is 2.18. The molecule has 0 fully saturated rings. The van der Waals surface area contributed by atoms with Crippen LogP contribution in [0.25, 0.3) is 0 Å². The molecule has 0 saturated carbocycles. The number of aromatic nitrogens is 2. The first kappa shape index (κ1) is 25.2. The predicted octanol–water partition coefficient (Wildman–Crippen LogP) is 0.952. The zero-order chi connectivity index (χ0) is 22.9. The average molecular weight is 445 g/mol. The Morgan fingerprint density at radius 1 is 1.17 bits per heavy atom. The molecule has 0 aliphatic rings. The van der Waals surface area contributed by atoms with Gasteiger partial charge in [0.1, 0.15) is 5.60 Å². The maximum atomic E-state index is 12.6. The van der Waals surface area contributed by atoms with E-state index in [1.807, 2.05) is 0 Å². The summed E-state index contributed by atoms with van der Waals surface area (Å²) < 4.78 is 10.6. The van der Waals surface area contributed by atoms with Gasteiger partial charge in [0.05, 0.1) is 0 Å². The summed E-state index contributed by atoms with van der Waals surface area (Å²) in [5, 5.41) is 10.1. The van der Waals surface area contributed by atoms with Crippen LogP contribution in [0.5, 0.6) is 0 Å². The smallest absolute Gasteiger partial charge is 0.407 e. The minimum atomic E-state index is -0.712. The largest absolute Gasteiger partial charge is 0.444 e. The molecule has 0 aliphatic heterocycles. The number of amides is 2. The van der Waals surface area contributed by atoms with Crippen LogP contribution >= 0.6 is 11.6 Å². The van der Waals surface area contributed by atoms with Gasteiger partial charge in [-0.2, -0.15) is 0 Å². The molecule has 0 atom stereocenters. The summed E-state index contributed by atoms with van der Waals surface area (Å²) in [4.78, 5) is 32.6. The molecule has 0 bridgehead atoms. The Morgan fingerprint density at radius 2 is 1.80 bits per heavy atom. The standard InChI is InChI=1S/C17H29ClN8O4/c1-17(2,3)30-16(28)23-6-4-8-29-9-5-7-26(15(21)22)14(27)10-12(19)25-13(20)11(18)24-10/h4-9H2,1-3H3,(H3,21,22)(H,23,28)(H4,19,20,25). The van der Waals surface area contributed by atoms with Crippen molar-refractivity contribution in [2.75, 3.05) is 37.8 Å². The second-order valence-electron chi connectivity index (χ2n) is 7.22. The number of alkyl carbamates (subject to hydrolysis) is 1. The minimum Gasteiger partial charge on any atom is -0.444 e.